The standard InChI is InChI=1S/C39H23N5O.2C35H21N5O/c1-3-10-24(11-4-1)25-18-20-27(21-19-25)38-42-37(26-12-5-2-6-13-26)43-39(44-38)29-15-9-16-31-36(29)41-32-22-30-28-14-7-8-17-34(28)45-35(30)23-33(32)40-31;1-3-9-22(10-4-1)23-15-17-25(18-16-23)34-38-33(24-11-5-2-6-12-24)39-35(40-34)30-19-27-28-20-36-29-14-8-7-13-26(29)32(28)41-31(27)21-37-30;1-3-9-22(10-4-1)23-15-17-25(18-16-23)33-38-32(24-11-5-2-6-12-24)39-34(40-33)26-19-20-27-30(21-26)41-35-31(27)36-28-13-7-8-14-29(28)37-35/h1-23H;2*1-21H. The van der Waals surface area contributed by atoms with Crippen LogP contribution in [0, 0.1) is 0 Å². The zero-order valence-electron chi connectivity index (χ0n) is 67.5. The molecule has 0 aliphatic heterocycles. The minimum atomic E-state index is 0.492. The first-order valence-electron chi connectivity index (χ1n) is 41.5. The van der Waals surface area contributed by atoms with Gasteiger partial charge < -0.3 is 13.3 Å². The molecule has 0 unspecified atom stereocenters. The molecule has 0 aliphatic carbocycles. The van der Waals surface area contributed by atoms with Crippen molar-refractivity contribution in [3.05, 3.63) is 395 Å². The third-order valence-electron chi connectivity index (χ3n) is 22.5. The molecule has 25 aromatic rings. The van der Waals surface area contributed by atoms with Crippen molar-refractivity contribution in [2.24, 2.45) is 0 Å². The fourth-order valence-corrected chi connectivity index (χ4v) is 16.1. The smallest absolute Gasteiger partial charge is 0.246 e. The van der Waals surface area contributed by atoms with Gasteiger partial charge in [0.25, 0.3) is 0 Å². The van der Waals surface area contributed by atoms with Crippen LogP contribution < -0.4 is 0 Å². The second-order valence-corrected chi connectivity index (χ2v) is 30.5. The van der Waals surface area contributed by atoms with Gasteiger partial charge in [-0.05, 0) is 100 Å². The fraction of sp³-hybridized carbons (Fsp3) is 0. The molecular weight excluding hydrogens is 1570 g/mol. The van der Waals surface area contributed by atoms with Gasteiger partial charge in [-0.25, -0.2) is 69.8 Å². The fourth-order valence-electron chi connectivity index (χ4n) is 16.1. The number of benzene rings is 15. The number of fused-ring (bicyclic) bond motifs is 14. The molecule has 18 nitrogen and oxygen atoms in total. The number of furan rings is 3. The summed E-state index contributed by atoms with van der Waals surface area (Å²) in [6, 6.07) is 127. The summed E-state index contributed by atoms with van der Waals surface area (Å²) in [4.78, 5) is 73.1. The van der Waals surface area contributed by atoms with Crippen LogP contribution in [0.3, 0.4) is 0 Å². The molecular formula is C109H65N15O3. The predicted octanol–water partition coefficient (Wildman–Crippen LogP) is 26.3. The first-order chi connectivity index (χ1) is 62.8. The highest BCUT2D eigenvalue weighted by Crippen LogP contribution is 2.40. The Kier molecular flexibility index (Phi) is 18.7. The number of hydrogen-bond donors (Lipinski definition) is 0. The van der Waals surface area contributed by atoms with Gasteiger partial charge in [0.15, 0.2) is 58.0 Å². The highest BCUT2D eigenvalue weighted by atomic mass is 16.3. The normalized spacial score (nSPS) is 11.5. The van der Waals surface area contributed by atoms with E-state index in [1.165, 1.54) is 0 Å². The third kappa shape index (κ3) is 14.5. The Hall–Kier alpha value is -17.8. The summed E-state index contributed by atoms with van der Waals surface area (Å²) < 4.78 is 18.5. The van der Waals surface area contributed by atoms with Crippen molar-refractivity contribution >= 4 is 110 Å². The topological polar surface area (TPSA) is 233 Å². The lowest BCUT2D eigenvalue weighted by molar-refractivity contribution is 0.655. The van der Waals surface area contributed by atoms with Crippen LogP contribution in [-0.2, 0) is 0 Å². The van der Waals surface area contributed by atoms with Crippen molar-refractivity contribution in [1.29, 1.82) is 0 Å². The van der Waals surface area contributed by atoms with Crippen molar-refractivity contribution in [2.75, 3.05) is 0 Å². The van der Waals surface area contributed by atoms with Crippen molar-refractivity contribution in [1.82, 2.24) is 74.8 Å². The summed E-state index contributed by atoms with van der Waals surface area (Å²) in [5.74, 6) is 5.17. The van der Waals surface area contributed by atoms with Crippen LogP contribution in [0.25, 0.3) is 246 Å². The lowest BCUT2D eigenvalue weighted by Crippen LogP contribution is -2.01. The second-order valence-electron chi connectivity index (χ2n) is 30.5. The number of aromatic nitrogens is 15. The number of hydrogen-bond acceptors (Lipinski definition) is 18. The summed E-state index contributed by atoms with van der Waals surface area (Å²) in [5.41, 5.74) is 25.2. The monoisotopic (exact) mass is 1630 g/mol. The van der Waals surface area contributed by atoms with E-state index in [-0.39, 0.29) is 0 Å². The molecule has 127 heavy (non-hydrogen) atoms. The molecule has 0 fully saturated rings. The highest BCUT2D eigenvalue weighted by Gasteiger charge is 2.23. The number of nitrogens with zero attached hydrogens (tertiary/aromatic N) is 15. The summed E-state index contributed by atoms with van der Waals surface area (Å²) in [6.45, 7) is 0. The zero-order chi connectivity index (χ0) is 84.1. The molecule has 0 aliphatic rings. The van der Waals surface area contributed by atoms with Crippen LogP contribution >= 0.6 is 0 Å². The maximum absolute atomic E-state index is 6.23. The molecule has 10 aromatic heterocycles. The predicted molar refractivity (Wildman–Crippen MR) is 503 cm³/mol. The van der Waals surface area contributed by atoms with E-state index in [1.54, 1.807) is 6.20 Å². The van der Waals surface area contributed by atoms with Crippen LogP contribution in [0.4, 0.5) is 0 Å². The van der Waals surface area contributed by atoms with E-state index in [4.69, 9.17) is 78.0 Å². The molecule has 0 radical (unpaired) electrons. The van der Waals surface area contributed by atoms with Crippen molar-refractivity contribution < 1.29 is 13.3 Å². The summed E-state index contributed by atoms with van der Waals surface area (Å²) in [5, 5.41) is 5.77. The molecule has 0 atom stereocenters. The Morgan fingerprint density at radius 2 is 0.551 bits per heavy atom. The van der Waals surface area contributed by atoms with Crippen molar-refractivity contribution in [2.45, 2.75) is 0 Å². The highest BCUT2D eigenvalue weighted by molar-refractivity contribution is 6.14. The van der Waals surface area contributed by atoms with E-state index >= 15 is 0 Å². The van der Waals surface area contributed by atoms with E-state index in [1.807, 2.05) is 279 Å². The summed E-state index contributed by atoms with van der Waals surface area (Å²) in [6.07, 6.45) is 3.59. The van der Waals surface area contributed by atoms with Crippen molar-refractivity contribution in [3.63, 3.8) is 0 Å². The average Bonchev–Trinajstić information content (AvgIpc) is 1.01. The van der Waals surface area contributed by atoms with Gasteiger partial charge in [0.2, 0.25) is 5.71 Å². The molecule has 0 spiro atoms. The Balaban J connectivity index is 0.000000109. The summed E-state index contributed by atoms with van der Waals surface area (Å²) in [7, 11) is 0. The maximum Gasteiger partial charge on any atom is 0.246 e. The molecule has 18 heteroatoms. The average molecular weight is 1630 g/mol. The lowest BCUT2D eigenvalue weighted by Gasteiger charge is -2.11. The van der Waals surface area contributed by atoms with Gasteiger partial charge in [0.05, 0.1) is 39.3 Å². The van der Waals surface area contributed by atoms with E-state index in [0.29, 0.717) is 75.0 Å². The van der Waals surface area contributed by atoms with Crippen LogP contribution in [0.15, 0.2) is 408 Å². The van der Waals surface area contributed by atoms with Crippen molar-refractivity contribution in [3.8, 4) is 136 Å². The molecule has 0 N–H and O–H groups in total. The van der Waals surface area contributed by atoms with Gasteiger partial charge in [0, 0.05) is 89.1 Å². The molecule has 10 heterocycles. The van der Waals surface area contributed by atoms with E-state index in [0.717, 1.165) is 171 Å². The number of pyridine rings is 2. The number of para-hydroxylation sites is 5. The number of rotatable bonds is 12. The van der Waals surface area contributed by atoms with E-state index in [9.17, 15) is 0 Å². The molecule has 15 aromatic carbocycles. The van der Waals surface area contributed by atoms with Gasteiger partial charge in [0.1, 0.15) is 39.1 Å². The molecule has 0 saturated carbocycles. The zero-order valence-corrected chi connectivity index (χ0v) is 67.5. The SMILES string of the molecule is c1ccc(-c2ccc(-c3nc(-c4ccccc4)nc(-c4cc5c(cn4)oc4c6ccccc6ncc54)n3)cc2)cc1.c1ccc(-c2ccc(-c3nc(-c4ccccc4)nc(-c4ccc5c(c4)oc4nc6ccccc6nc45)n3)cc2)cc1.c1ccc(-c2ccc(-c3nc(-c4ccccc4)nc(-c4cccc5nc6cc7oc8ccccc8c7cc6nc45)n3)cc2)cc1. The van der Waals surface area contributed by atoms with E-state index in [2.05, 4.69) is 119 Å². The molecule has 594 valence electrons. The Morgan fingerprint density at radius 3 is 1.09 bits per heavy atom. The third-order valence-corrected chi connectivity index (χ3v) is 22.5. The van der Waals surface area contributed by atoms with Crippen LogP contribution in [0.1, 0.15) is 0 Å². The van der Waals surface area contributed by atoms with Crippen LogP contribution in [0.5, 0.6) is 0 Å². The minimum Gasteiger partial charge on any atom is -0.456 e. The largest absolute Gasteiger partial charge is 0.456 e. The first kappa shape index (κ1) is 74.3. The van der Waals surface area contributed by atoms with Gasteiger partial charge >= 0.3 is 0 Å². The lowest BCUT2D eigenvalue weighted by atomic mass is 10.0. The Bertz CT molecular complexity index is 8480. The minimum absolute atomic E-state index is 0.492. The quantitative estimate of drug-likeness (QED) is 0.103. The second kappa shape index (κ2) is 32.0. The molecule has 0 bridgehead atoms. The van der Waals surface area contributed by atoms with Crippen LogP contribution in [-0.4, -0.2) is 74.8 Å². The first-order valence-corrected chi connectivity index (χ1v) is 41.5. The molecule has 0 saturated heterocycles. The molecule has 0 amide bonds. The maximum atomic E-state index is 6.23. The van der Waals surface area contributed by atoms with Gasteiger partial charge in [-0.15, -0.1) is 0 Å². The summed E-state index contributed by atoms with van der Waals surface area (Å²) >= 11 is 0. The Morgan fingerprint density at radius 1 is 0.165 bits per heavy atom. The molecule has 25 rings (SSSR count). The van der Waals surface area contributed by atoms with E-state index < -0.39 is 0 Å². The Labute approximate surface area is 724 Å². The van der Waals surface area contributed by atoms with Gasteiger partial charge in [-0.1, -0.05) is 309 Å². The van der Waals surface area contributed by atoms with Crippen LogP contribution in [0.2, 0.25) is 0 Å². The van der Waals surface area contributed by atoms with Gasteiger partial charge in [-0.3, -0.25) is 4.98 Å². The van der Waals surface area contributed by atoms with Gasteiger partial charge in [-0.2, -0.15) is 0 Å².